The van der Waals surface area contributed by atoms with Crippen molar-refractivity contribution in [1.82, 2.24) is 0 Å². The monoisotopic (exact) mass is 423 g/mol. The molecule has 0 aliphatic heterocycles. The molecule has 2 aliphatic rings. The third-order valence-corrected chi connectivity index (χ3v) is 7.82. The van der Waals surface area contributed by atoms with Crippen LogP contribution >= 0.6 is 0 Å². The second kappa shape index (κ2) is 7.80. The summed E-state index contributed by atoms with van der Waals surface area (Å²) in [6, 6.07) is 23.2. The summed E-state index contributed by atoms with van der Waals surface area (Å²) >= 11 is 0. The van der Waals surface area contributed by atoms with Crippen molar-refractivity contribution in [2.45, 2.75) is 83.5 Å². The first-order chi connectivity index (χ1) is 15.2. The lowest BCUT2D eigenvalue weighted by atomic mass is 9.79. The number of benzene rings is 3. The Hall–Kier alpha value is -2.54. The number of hydrogen-bond donors (Lipinski definition) is 1. The number of hydrogen-bond acceptors (Lipinski definition) is 1. The molecule has 0 unspecified atom stereocenters. The van der Waals surface area contributed by atoms with Crippen molar-refractivity contribution < 1.29 is 0 Å². The maximum absolute atomic E-state index is 3.66. The van der Waals surface area contributed by atoms with Gasteiger partial charge < -0.3 is 5.32 Å². The zero-order valence-corrected chi connectivity index (χ0v) is 20.4. The second-order valence-corrected chi connectivity index (χ2v) is 11.5. The minimum absolute atomic E-state index is 0.00839. The Labute approximate surface area is 194 Å². The Kier molecular flexibility index (Phi) is 5.19. The molecule has 1 heteroatoms. The normalized spacial score (nSPS) is 17.7. The molecule has 0 saturated heterocycles. The molecule has 3 aromatic carbocycles. The van der Waals surface area contributed by atoms with E-state index in [2.05, 4.69) is 101 Å². The average molecular weight is 424 g/mol. The van der Waals surface area contributed by atoms with Crippen LogP contribution in [0.2, 0.25) is 0 Å². The lowest BCUT2D eigenvalue weighted by molar-refractivity contribution is 0.443. The van der Waals surface area contributed by atoms with Gasteiger partial charge in [-0.3, -0.25) is 0 Å². The second-order valence-electron chi connectivity index (χ2n) is 11.5. The summed E-state index contributed by atoms with van der Waals surface area (Å²) in [5.41, 5.74) is 11.1. The van der Waals surface area contributed by atoms with E-state index < -0.39 is 0 Å². The summed E-state index contributed by atoms with van der Waals surface area (Å²) in [6.45, 7) is 11.6. The van der Waals surface area contributed by atoms with E-state index in [1.54, 1.807) is 0 Å². The SMILES string of the molecule is CC(C)(C)c1ccc2c(c1)C(C)(C)c1cc(Nc3ccc(C4CCCCC4)cc3)ccc1-2. The lowest BCUT2D eigenvalue weighted by Crippen LogP contribution is -2.17. The maximum atomic E-state index is 3.66. The quantitative estimate of drug-likeness (QED) is 0.443. The van der Waals surface area contributed by atoms with Crippen LogP contribution in [-0.2, 0) is 10.8 Å². The summed E-state index contributed by atoms with van der Waals surface area (Å²) in [6.07, 6.45) is 6.88. The standard InChI is InChI=1S/C31H37N/c1-30(2,3)23-13-17-26-27-18-16-25(20-29(27)31(4,5)28(26)19-23)32-24-14-11-22(12-15-24)21-9-7-6-8-10-21/h11-21,32H,6-10H2,1-5H3. The van der Waals surface area contributed by atoms with E-state index in [9.17, 15) is 0 Å². The highest BCUT2D eigenvalue weighted by Gasteiger charge is 2.36. The minimum atomic E-state index is 0.00839. The number of anilines is 2. The van der Waals surface area contributed by atoms with Crippen LogP contribution in [0.3, 0.4) is 0 Å². The first kappa shape index (κ1) is 21.3. The van der Waals surface area contributed by atoms with Crippen molar-refractivity contribution in [3.63, 3.8) is 0 Å². The fourth-order valence-corrected chi connectivity index (χ4v) is 5.72. The van der Waals surface area contributed by atoms with Crippen molar-refractivity contribution >= 4 is 11.4 Å². The van der Waals surface area contributed by atoms with Gasteiger partial charge in [-0.1, -0.05) is 90.3 Å². The van der Waals surface area contributed by atoms with Gasteiger partial charge in [0.05, 0.1) is 0 Å². The van der Waals surface area contributed by atoms with Crippen LogP contribution in [-0.4, -0.2) is 0 Å². The van der Waals surface area contributed by atoms with Gasteiger partial charge in [0.25, 0.3) is 0 Å². The molecule has 1 nitrogen and oxygen atoms in total. The van der Waals surface area contributed by atoms with Gasteiger partial charge in [0.2, 0.25) is 0 Å². The van der Waals surface area contributed by atoms with Gasteiger partial charge >= 0.3 is 0 Å². The predicted molar refractivity (Wildman–Crippen MR) is 138 cm³/mol. The van der Waals surface area contributed by atoms with Gasteiger partial charge in [-0.2, -0.15) is 0 Å². The van der Waals surface area contributed by atoms with Gasteiger partial charge in [-0.25, -0.2) is 0 Å². The van der Waals surface area contributed by atoms with Gasteiger partial charge in [-0.15, -0.1) is 0 Å². The molecular formula is C31H37N. The molecule has 3 aromatic rings. The van der Waals surface area contributed by atoms with Crippen LogP contribution in [0.15, 0.2) is 60.7 Å². The van der Waals surface area contributed by atoms with Crippen molar-refractivity contribution in [3.05, 3.63) is 82.9 Å². The molecule has 1 N–H and O–H groups in total. The molecule has 2 aliphatic carbocycles. The smallest absolute Gasteiger partial charge is 0.0387 e. The van der Waals surface area contributed by atoms with Gasteiger partial charge in [-0.05, 0) is 81.8 Å². The zero-order chi connectivity index (χ0) is 22.5. The van der Waals surface area contributed by atoms with E-state index >= 15 is 0 Å². The fourth-order valence-electron chi connectivity index (χ4n) is 5.72. The third-order valence-electron chi connectivity index (χ3n) is 7.82. The summed E-state index contributed by atoms with van der Waals surface area (Å²) < 4.78 is 0. The molecule has 0 heterocycles. The van der Waals surface area contributed by atoms with E-state index in [1.807, 2.05) is 0 Å². The molecule has 32 heavy (non-hydrogen) atoms. The fraction of sp³-hybridized carbons (Fsp3) is 0.419. The topological polar surface area (TPSA) is 12.0 Å². The molecule has 0 aromatic heterocycles. The third kappa shape index (κ3) is 3.76. The average Bonchev–Trinajstić information content (AvgIpc) is 3.01. The van der Waals surface area contributed by atoms with E-state index in [0.717, 1.165) is 5.92 Å². The van der Waals surface area contributed by atoms with Gasteiger partial charge in [0.1, 0.15) is 0 Å². The number of rotatable bonds is 3. The highest BCUT2D eigenvalue weighted by molar-refractivity contribution is 5.83. The van der Waals surface area contributed by atoms with Gasteiger partial charge in [0, 0.05) is 16.8 Å². The van der Waals surface area contributed by atoms with Crippen LogP contribution in [0, 0.1) is 0 Å². The number of nitrogens with one attached hydrogen (secondary N) is 1. The van der Waals surface area contributed by atoms with E-state index in [4.69, 9.17) is 0 Å². The van der Waals surface area contributed by atoms with Crippen LogP contribution in [0.25, 0.3) is 11.1 Å². The Morgan fingerprint density at radius 1 is 0.719 bits per heavy atom. The van der Waals surface area contributed by atoms with Crippen LogP contribution in [0.1, 0.15) is 94.9 Å². The molecule has 1 fully saturated rings. The minimum Gasteiger partial charge on any atom is -0.356 e. The lowest BCUT2D eigenvalue weighted by Gasteiger charge is -2.25. The van der Waals surface area contributed by atoms with E-state index in [1.165, 1.54) is 76.9 Å². The molecule has 1 saturated carbocycles. The molecule has 0 amide bonds. The Morgan fingerprint density at radius 3 is 1.97 bits per heavy atom. The Bertz CT molecular complexity index is 1120. The Morgan fingerprint density at radius 2 is 1.31 bits per heavy atom. The highest BCUT2D eigenvalue weighted by Crippen LogP contribution is 2.50. The van der Waals surface area contributed by atoms with Crippen LogP contribution < -0.4 is 5.32 Å². The summed E-state index contributed by atoms with van der Waals surface area (Å²) in [5.74, 6) is 0.759. The molecule has 5 rings (SSSR count). The molecule has 166 valence electrons. The van der Waals surface area contributed by atoms with E-state index in [-0.39, 0.29) is 10.8 Å². The zero-order valence-electron chi connectivity index (χ0n) is 20.4. The first-order valence-electron chi connectivity index (χ1n) is 12.4. The molecule has 0 atom stereocenters. The van der Waals surface area contributed by atoms with Gasteiger partial charge in [0.15, 0.2) is 0 Å². The highest BCUT2D eigenvalue weighted by atomic mass is 14.9. The first-order valence-corrected chi connectivity index (χ1v) is 12.4. The summed E-state index contributed by atoms with van der Waals surface area (Å²) in [7, 11) is 0. The van der Waals surface area contributed by atoms with Crippen molar-refractivity contribution in [3.8, 4) is 11.1 Å². The van der Waals surface area contributed by atoms with Crippen molar-refractivity contribution in [1.29, 1.82) is 0 Å². The van der Waals surface area contributed by atoms with E-state index in [0.29, 0.717) is 0 Å². The predicted octanol–water partition coefficient (Wildman–Crippen LogP) is 9.08. The summed E-state index contributed by atoms with van der Waals surface area (Å²) in [4.78, 5) is 0. The van der Waals surface area contributed by atoms with Crippen molar-refractivity contribution in [2.75, 3.05) is 5.32 Å². The van der Waals surface area contributed by atoms with Crippen LogP contribution in [0.5, 0.6) is 0 Å². The molecule has 0 bridgehead atoms. The van der Waals surface area contributed by atoms with Crippen molar-refractivity contribution in [2.24, 2.45) is 0 Å². The Balaban J connectivity index is 1.41. The molecular weight excluding hydrogens is 386 g/mol. The number of fused-ring (bicyclic) bond motifs is 3. The molecule has 0 spiro atoms. The molecule has 0 radical (unpaired) electrons. The van der Waals surface area contributed by atoms with Crippen LogP contribution in [0.4, 0.5) is 11.4 Å². The summed E-state index contributed by atoms with van der Waals surface area (Å²) in [5, 5.41) is 3.66. The largest absolute Gasteiger partial charge is 0.356 e. The maximum Gasteiger partial charge on any atom is 0.0387 e.